The second-order valence-corrected chi connectivity index (χ2v) is 5.74. The van der Waals surface area contributed by atoms with Gasteiger partial charge >= 0.3 is 0 Å². The number of hydrogen-bond acceptors (Lipinski definition) is 2. The molecule has 0 radical (unpaired) electrons. The number of nitrogens with one attached hydrogen (secondary N) is 1. The Morgan fingerprint density at radius 3 is 2.70 bits per heavy atom. The van der Waals surface area contributed by atoms with Crippen LogP contribution < -0.4 is 5.32 Å². The standard InChI is InChI=1S/C19H21N3O/c1-3-17(15-9-5-4-6-10-15)19(23)20-12-16-13-22-11-7-8-14(2)18(22)21-16/h4-11,13,17H,3,12H2,1-2H3,(H,20,23)/t17-/m0/s1. The lowest BCUT2D eigenvalue weighted by Gasteiger charge is -2.14. The number of carbonyl (C=O) groups is 1. The lowest BCUT2D eigenvalue weighted by atomic mass is 9.96. The van der Waals surface area contributed by atoms with Gasteiger partial charge in [-0.1, -0.05) is 43.3 Å². The zero-order valence-corrected chi connectivity index (χ0v) is 13.5. The Morgan fingerprint density at radius 1 is 1.22 bits per heavy atom. The molecule has 1 amide bonds. The van der Waals surface area contributed by atoms with Crippen molar-refractivity contribution in [3.05, 3.63) is 71.7 Å². The number of hydrogen-bond donors (Lipinski definition) is 1. The van der Waals surface area contributed by atoms with Crippen molar-refractivity contribution in [1.82, 2.24) is 14.7 Å². The molecule has 0 saturated carbocycles. The molecule has 0 aliphatic carbocycles. The molecule has 1 aromatic carbocycles. The van der Waals surface area contributed by atoms with Gasteiger partial charge in [-0.25, -0.2) is 4.98 Å². The van der Waals surface area contributed by atoms with E-state index in [1.54, 1.807) is 0 Å². The molecule has 0 saturated heterocycles. The number of nitrogens with zero attached hydrogens (tertiary/aromatic N) is 2. The normalized spacial score (nSPS) is 12.3. The highest BCUT2D eigenvalue weighted by Gasteiger charge is 2.18. The van der Waals surface area contributed by atoms with Crippen molar-refractivity contribution in [1.29, 1.82) is 0 Å². The minimum atomic E-state index is -0.116. The van der Waals surface area contributed by atoms with Crippen molar-refractivity contribution in [3.63, 3.8) is 0 Å². The van der Waals surface area contributed by atoms with Gasteiger partial charge in [0.1, 0.15) is 5.65 Å². The monoisotopic (exact) mass is 307 g/mol. The van der Waals surface area contributed by atoms with E-state index in [-0.39, 0.29) is 11.8 Å². The van der Waals surface area contributed by atoms with E-state index in [1.165, 1.54) is 0 Å². The Kier molecular flexibility index (Phi) is 4.42. The van der Waals surface area contributed by atoms with Crippen molar-refractivity contribution in [2.45, 2.75) is 32.7 Å². The van der Waals surface area contributed by atoms with E-state index >= 15 is 0 Å². The average Bonchev–Trinajstić information content (AvgIpc) is 2.99. The van der Waals surface area contributed by atoms with Crippen LogP contribution in [0, 0.1) is 6.92 Å². The van der Waals surface area contributed by atoms with E-state index in [4.69, 9.17) is 0 Å². The number of fused-ring (bicyclic) bond motifs is 1. The van der Waals surface area contributed by atoms with Crippen molar-refractivity contribution in [3.8, 4) is 0 Å². The maximum atomic E-state index is 12.5. The van der Waals surface area contributed by atoms with Crippen LogP contribution in [0.25, 0.3) is 5.65 Å². The van der Waals surface area contributed by atoms with Gasteiger partial charge in [0.25, 0.3) is 0 Å². The first-order chi connectivity index (χ1) is 11.2. The fourth-order valence-electron chi connectivity index (χ4n) is 2.85. The van der Waals surface area contributed by atoms with Crippen LogP contribution in [-0.2, 0) is 11.3 Å². The quantitative estimate of drug-likeness (QED) is 0.784. The Labute approximate surface area is 136 Å². The molecular weight excluding hydrogens is 286 g/mol. The van der Waals surface area contributed by atoms with Gasteiger partial charge in [0.2, 0.25) is 5.91 Å². The number of carbonyl (C=O) groups excluding carboxylic acids is 1. The minimum absolute atomic E-state index is 0.0486. The van der Waals surface area contributed by atoms with Gasteiger partial charge < -0.3 is 9.72 Å². The first-order valence-electron chi connectivity index (χ1n) is 7.95. The third-order valence-corrected chi connectivity index (χ3v) is 4.10. The van der Waals surface area contributed by atoms with Crippen LogP contribution in [0.2, 0.25) is 0 Å². The zero-order chi connectivity index (χ0) is 16.2. The predicted molar refractivity (Wildman–Crippen MR) is 91.2 cm³/mol. The minimum Gasteiger partial charge on any atom is -0.350 e. The van der Waals surface area contributed by atoms with Crippen LogP contribution in [0.15, 0.2) is 54.9 Å². The summed E-state index contributed by atoms with van der Waals surface area (Å²) in [5.41, 5.74) is 3.99. The summed E-state index contributed by atoms with van der Waals surface area (Å²) in [6.45, 7) is 4.52. The molecule has 0 unspecified atom stereocenters. The molecule has 3 aromatic rings. The first kappa shape index (κ1) is 15.3. The summed E-state index contributed by atoms with van der Waals surface area (Å²) < 4.78 is 1.99. The smallest absolute Gasteiger partial charge is 0.227 e. The summed E-state index contributed by atoms with van der Waals surface area (Å²) in [5.74, 6) is -0.0672. The summed E-state index contributed by atoms with van der Waals surface area (Å²) in [5, 5.41) is 3.01. The summed E-state index contributed by atoms with van der Waals surface area (Å²) in [7, 11) is 0. The second kappa shape index (κ2) is 6.65. The Balaban J connectivity index is 1.71. The number of imidazole rings is 1. The van der Waals surface area contributed by atoms with Crippen molar-refractivity contribution in [2.75, 3.05) is 0 Å². The second-order valence-electron chi connectivity index (χ2n) is 5.74. The van der Waals surface area contributed by atoms with Crippen molar-refractivity contribution >= 4 is 11.6 Å². The molecule has 4 heteroatoms. The molecular formula is C19H21N3O. The molecule has 2 heterocycles. The highest BCUT2D eigenvalue weighted by Crippen LogP contribution is 2.19. The van der Waals surface area contributed by atoms with Crippen LogP contribution in [0.4, 0.5) is 0 Å². The van der Waals surface area contributed by atoms with Crippen LogP contribution in [-0.4, -0.2) is 15.3 Å². The van der Waals surface area contributed by atoms with Crippen LogP contribution >= 0.6 is 0 Å². The molecule has 0 fully saturated rings. The predicted octanol–water partition coefficient (Wildman–Crippen LogP) is 3.45. The topological polar surface area (TPSA) is 46.4 Å². The van der Waals surface area contributed by atoms with Gasteiger partial charge in [-0.3, -0.25) is 4.79 Å². The third kappa shape index (κ3) is 3.26. The van der Waals surface area contributed by atoms with Gasteiger partial charge in [-0.15, -0.1) is 0 Å². The number of benzene rings is 1. The van der Waals surface area contributed by atoms with E-state index in [0.29, 0.717) is 6.54 Å². The average molecular weight is 307 g/mol. The molecule has 1 N–H and O–H groups in total. The fraction of sp³-hybridized carbons (Fsp3) is 0.263. The van der Waals surface area contributed by atoms with E-state index in [9.17, 15) is 4.79 Å². The Bertz CT molecular complexity index is 808. The molecule has 1 atom stereocenters. The SMILES string of the molecule is CC[C@H](C(=O)NCc1cn2cccc(C)c2n1)c1ccccc1. The van der Waals surface area contributed by atoms with Gasteiger partial charge in [0.05, 0.1) is 18.2 Å². The lowest BCUT2D eigenvalue weighted by Crippen LogP contribution is -2.28. The van der Waals surface area contributed by atoms with Crippen molar-refractivity contribution in [2.24, 2.45) is 0 Å². The summed E-state index contributed by atoms with van der Waals surface area (Å²) in [6, 6.07) is 13.9. The van der Waals surface area contributed by atoms with Crippen LogP contribution in [0.5, 0.6) is 0 Å². The summed E-state index contributed by atoms with van der Waals surface area (Å²) >= 11 is 0. The first-order valence-corrected chi connectivity index (χ1v) is 7.95. The largest absolute Gasteiger partial charge is 0.350 e. The van der Waals surface area contributed by atoms with Gasteiger partial charge in [-0.05, 0) is 30.5 Å². The molecule has 0 spiro atoms. The molecule has 2 aromatic heterocycles. The van der Waals surface area contributed by atoms with Crippen molar-refractivity contribution < 1.29 is 4.79 Å². The molecule has 0 aliphatic heterocycles. The molecule has 0 bridgehead atoms. The maximum absolute atomic E-state index is 12.5. The molecule has 0 aliphatic rings. The van der Waals surface area contributed by atoms with E-state index in [2.05, 4.69) is 10.3 Å². The number of rotatable bonds is 5. The van der Waals surface area contributed by atoms with Crippen LogP contribution in [0.1, 0.15) is 36.1 Å². The van der Waals surface area contributed by atoms with E-state index in [1.807, 2.05) is 73.1 Å². The van der Waals surface area contributed by atoms with E-state index in [0.717, 1.165) is 28.9 Å². The van der Waals surface area contributed by atoms with E-state index < -0.39 is 0 Å². The number of amides is 1. The van der Waals surface area contributed by atoms with Crippen LogP contribution in [0.3, 0.4) is 0 Å². The highest BCUT2D eigenvalue weighted by atomic mass is 16.1. The molecule has 4 nitrogen and oxygen atoms in total. The molecule has 23 heavy (non-hydrogen) atoms. The van der Waals surface area contributed by atoms with Gasteiger partial charge in [0.15, 0.2) is 0 Å². The zero-order valence-electron chi connectivity index (χ0n) is 13.5. The summed E-state index contributed by atoms with van der Waals surface area (Å²) in [6.07, 6.45) is 4.71. The van der Waals surface area contributed by atoms with Gasteiger partial charge in [-0.2, -0.15) is 0 Å². The Hall–Kier alpha value is -2.62. The fourth-order valence-corrected chi connectivity index (χ4v) is 2.85. The molecule has 118 valence electrons. The van der Waals surface area contributed by atoms with Gasteiger partial charge in [0, 0.05) is 12.4 Å². The summed E-state index contributed by atoms with van der Waals surface area (Å²) in [4.78, 5) is 17.1. The number of aryl methyl sites for hydroxylation is 1. The Morgan fingerprint density at radius 2 is 2.00 bits per heavy atom. The maximum Gasteiger partial charge on any atom is 0.227 e. The molecule has 3 rings (SSSR count). The lowest BCUT2D eigenvalue weighted by molar-refractivity contribution is -0.122. The highest BCUT2D eigenvalue weighted by molar-refractivity contribution is 5.83. The number of pyridine rings is 1. The number of aromatic nitrogens is 2. The third-order valence-electron chi connectivity index (χ3n) is 4.10.